The molecule has 1 aliphatic rings. The molecule has 4 N–H and O–H groups in total. The van der Waals surface area contributed by atoms with Crippen LogP contribution in [-0.2, 0) is 26.6 Å². The molecule has 1 saturated carbocycles. The maximum absolute atomic E-state index is 13.2. The fraction of sp³-hybridized carbons (Fsp3) is 0.417. The van der Waals surface area contributed by atoms with E-state index >= 15 is 0 Å². The molecule has 36 heavy (non-hydrogen) atoms. The number of nitrogens with one attached hydrogen (secondary N) is 1. The second-order valence-corrected chi connectivity index (χ2v) is 10.8. The third-order valence-electron chi connectivity index (χ3n) is 6.16. The van der Waals surface area contributed by atoms with Gasteiger partial charge in [-0.3, -0.25) is 13.7 Å². The Hall–Kier alpha value is -3.19. The van der Waals surface area contributed by atoms with Gasteiger partial charge < -0.3 is 10.4 Å². The fourth-order valence-corrected chi connectivity index (χ4v) is 4.68. The van der Waals surface area contributed by atoms with Crippen LogP contribution in [0.4, 0.5) is 5.82 Å². The molecule has 3 aromatic rings. The van der Waals surface area contributed by atoms with Gasteiger partial charge in [0.1, 0.15) is 17.8 Å². The number of rotatable bonds is 10. The van der Waals surface area contributed by atoms with Crippen molar-refractivity contribution >= 4 is 21.9 Å². The van der Waals surface area contributed by atoms with Gasteiger partial charge in [-0.2, -0.15) is 13.5 Å². The van der Waals surface area contributed by atoms with E-state index in [-0.39, 0.29) is 30.0 Å². The number of anilines is 1. The summed E-state index contributed by atoms with van der Waals surface area (Å²) in [5.41, 5.74) is 1.36. The summed E-state index contributed by atoms with van der Waals surface area (Å²) in [6.07, 6.45) is 6.75. The van der Waals surface area contributed by atoms with Crippen molar-refractivity contribution in [3.8, 4) is 0 Å². The largest absolute Gasteiger partial charge is 0.386 e. The molecule has 1 fully saturated rings. The maximum Gasteiger partial charge on any atom is 0.333 e. The second kappa shape index (κ2) is 10.4. The monoisotopic (exact) mass is 514 g/mol. The Labute approximate surface area is 210 Å². The van der Waals surface area contributed by atoms with Crippen LogP contribution in [0.25, 0.3) is 0 Å². The molecule has 2 heterocycles. The zero-order valence-corrected chi connectivity index (χ0v) is 21.0. The fourth-order valence-electron chi connectivity index (χ4n) is 4.30. The number of hydrogen-bond donors (Lipinski definition) is 3. The van der Waals surface area contributed by atoms with E-state index < -0.39 is 15.9 Å². The van der Waals surface area contributed by atoms with Crippen LogP contribution in [0.2, 0.25) is 0 Å². The predicted octanol–water partition coefficient (Wildman–Crippen LogP) is 1.98. The predicted molar refractivity (Wildman–Crippen MR) is 132 cm³/mol. The van der Waals surface area contributed by atoms with Crippen LogP contribution >= 0.6 is 0 Å². The van der Waals surface area contributed by atoms with Crippen molar-refractivity contribution in [1.29, 1.82) is 0 Å². The SMILES string of the molecule is CC(C)(O)c1cccc(Cn2ccc(C(=O)c3cncnc3N[C@H]3CC[C@@H](COS(N)(=O)=O)C3)n2)c1. The first kappa shape index (κ1) is 25.9. The number of ketones is 1. The molecule has 0 aliphatic heterocycles. The number of hydrogen-bond acceptors (Lipinski definition) is 9. The summed E-state index contributed by atoms with van der Waals surface area (Å²) in [6, 6.07) is 9.25. The standard InChI is InChI=1S/C24H30N6O5S/c1-24(2,32)18-5-3-4-16(10-18)13-30-9-8-21(29-30)22(31)20-12-26-15-27-23(20)28-19-7-6-17(11-19)14-35-36(25,33)34/h3-5,8-10,12,15,17,19,32H,6-7,11,13-14H2,1-2H3,(H2,25,33,34)(H,26,27,28)/t17-,19+/m1/s1. The van der Waals surface area contributed by atoms with Crippen LogP contribution in [0, 0.1) is 5.92 Å². The number of benzene rings is 1. The van der Waals surface area contributed by atoms with Gasteiger partial charge in [-0.15, -0.1) is 0 Å². The lowest BCUT2D eigenvalue weighted by Crippen LogP contribution is -2.22. The molecule has 1 aromatic carbocycles. The van der Waals surface area contributed by atoms with Gasteiger partial charge in [0, 0.05) is 18.4 Å². The van der Waals surface area contributed by atoms with Crippen molar-refractivity contribution in [3.63, 3.8) is 0 Å². The lowest BCUT2D eigenvalue weighted by atomic mass is 9.97. The van der Waals surface area contributed by atoms with Crippen LogP contribution in [-0.4, -0.2) is 51.7 Å². The highest BCUT2D eigenvalue weighted by molar-refractivity contribution is 7.84. The Balaban J connectivity index is 1.43. The first-order chi connectivity index (χ1) is 17.0. The quantitative estimate of drug-likeness (QED) is 0.343. The molecular formula is C24H30N6O5S. The van der Waals surface area contributed by atoms with Crippen LogP contribution in [0.3, 0.4) is 0 Å². The topological polar surface area (TPSA) is 162 Å². The smallest absolute Gasteiger partial charge is 0.333 e. The summed E-state index contributed by atoms with van der Waals surface area (Å²) >= 11 is 0. The summed E-state index contributed by atoms with van der Waals surface area (Å²) in [6.45, 7) is 3.93. The van der Waals surface area contributed by atoms with Gasteiger partial charge in [-0.1, -0.05) is 24.3 Å². The molecule has 11 nitrogen and oxygen atoms in total. The Morgan fingerprint density at radius 3 is 2.86 bits per heavy atom. The highest BCUT2D eigenvalue weighted by Gasteiger charge is 2.28. The van der Waals surface area contributed by atoms with E-state index in [9.17, 15) is 18.3 Å². The third kappa shape index (κ3) is 6.72. The summed E-state index contributed by atoms with van der Waals surface area (Å²) < 4.78 is 28.5. The molecule has 0 bridgehead atoms. The molecule has 192 valence electrons. The average molecular weight is 515 g/mol. The first-order valence-corrected chi connectivity index (χ1v) is 13.1. The summed E-state index contributed by atoms with van der Waals surface area (Å²) in [5, 5.41) is 22.9. The molecule has 2 aromatic heterocycles. The van der Waals surface area contributed by atoms with Crippen molar-refractivity contribution in [1.82, 2.24) is 19.7 Å². The number of nitrogens with two attached hydrogens (primary N) is 1. The number of carbonyl (C=O) groups excluding carboxylic acids is 1. The van der Waals surface area contributed by atoms with Crippen molar-refractivity contribution in [2.45, 2.75) is 51.3 Å². The number of carbonyl (C=O) groups is 1. The van der Waals surface area contributed by atoms with E-state index in [1.807, 2.05) is 24.3 Å². The van der Waals surface area contributed by atoms with E-state index in [1.54, 1.807) is 30.8 Å². The Bertz CT molecular complexity index is 1330. The zero-order valence-electron chi connectivity index (χ0n) is 20.2. The minimum atomic E-state index is -3.97. The van der Waals surface area contributed by atoms with Gasteiger partial charge in [-0.25, -0.2) is 15.1 Å². The van der Waals surface area contributed by atoms with E-state index in [2.05, 4.69) is 20.4 Å². The highest BCUT2D eigenvalue weighted by Crippen LogP contribution is 2.29. The summed E-state index contributed by atoms with van der Waals surface area (Å²) in [5.74, 6) is 0.127. The molecular weight excluding hydrogens is 484 g/mol. The molecule has 0 amide bonds. The number of aromatic nitrogens is 4. The van der Waals surface area contributed by atoms with E-state index in [0.29, 0.717) is 24.3 Å². The van der Waals surface area contributed by atoms with Crippen LogP contribution in [0.15, 0.2) is 49.1 Å². The van der Waals surface area contributed by atoms with Crippen molar-refractivity contribution in [2.24, 2.45) is 11.1 Å². The van der Waals surface area contributed by atoms with Crippen molar-refractivity contribution in [3.05, 3.63) is 71.4 Å². The minimum Gasteiger partial charge on any atom is -0.386 e. The third-order valence-corrected chi connectivity index (χ3v) is 6.62. The summed E-state index contributed by atoms with van der Waals surface area (Å²) in [7, 11) is -3.97. The maximum atomic E-state index is 13.2. The Kier molecular flexibility index (Phi) is 7.50. The highest BCUT2D eigenvalue weighted by atomic mass is 32.2. The van der Waals surface area contributed by atoms with Crippen molar-refractivity contribution < 1.29 is 22.5 Å². The van der Waals surface area contributed by atoms with Gasteiger partial charge >= 0.3 is 10.3 Å². The van der Waals surface area contributed by atoms with Gasteiger partial charge in [0.15, 0.2) is 0 Å². The lowest BCUT2D eigenvalue weighted by molar-refractivity contribution is 0.0785. The molecule has 0 unspecified atom stereocenters. The Morgan fingerprint density at radius 2 is 2.11 bits per heavy atom. The van der Waals surface area contributed by atoms with Crippen LogP contribution in [0.1, 0.15) is 60.3 Å². The zero-order chi connectivity index (χ0) is 25.9. The molecule has 1 aliphatic carbocycles. The number of aliphatic hydroxyl groups is 1. The average Bonchev–Trinajstić information content (AvgIpc) is 3.46. The molecule has 0 saturated heterocycles. The molecule has 0 radical (unpaired) electrons. The van der Waals surface area contributed by atoms with Gasteiger partial charge in [0.2, 0.25) is 5.78 Å². The normalized spacial score (nSPS) is 18.3. The van der Waals surface area contributed by atoms with Crippen LogP contribution < -0.4 is 10.5 Å². The lowest BCUT2D eigenvalue weighted by Gasteiger charge is -2.18. The molecule has 12 heteroatoms. The Morgan fingerprint density at radius 1 is 1.31 bits per heavy atom. The molecule has 0 spiro atoms. The first-order valence-electron chi connectivity index (χ1n) is 11.6. The van der Waals surface area contributed by atoms with Gasteiger partial charge in [-0.05, 0) is 56.2 Å². The van der Waals surface area contributed by atoms with E-state index in [4.69, 9.17) is 9.32 Å². The van der Waals surface area contributed by atoms with Crippen molar-refractivity contribution in [2.75, 3.05) is 11.9 Å². The molecule has 4 rings (SSSR count). The second-order valence-electron chi connectivity index (χ2n) is 9.57. The number of nitrogens with zero attached hydrogens (tertiary/aromatic N) is 4. The minimum absolute atomic E-state index is 0.00105. The molecule has 2 atom stereocenters. The van der Waals surface area contributed by atoms with E-state index in [1.165, 1.54) is 12.5 Å². The van der Waals surface area contributed by atoms with Gasteiger partial charge in [0.25, 0.3) is 0 Å². The van der Waals surface area contributed by atoms with Gasteiger partial charge in [0.05, 0.1) is 24.3 Å². The summed E-state index contributed by atoms with van der Waals surface area (Å²) in [4.78, 5) is 21.5. The van der Waals surface area contributed by atoms with E-state index in [0.717, 1.165) is 24.0 Å². The van der Waals surface area contributed by atoms with Crippen LogP contribution in [0.5, 0.6) is 0 Å².